The van der Waals surface area contributed by atoms with Crippen molar-refractivity contribution in [3.05, 3.63) is 23.8 Å². The van der Waals surface area contributed by atoms with Gasteiger partial charge < -0.3 is 16.0 Å². The number of aryl methyl sites for hydroxylation is 1. The Kier molecular flexibility index (Phi) is 7.61. The second-order valence-corrected chi connectivity index (χ2v) is 7.09. The van der Waals surface area contributed by atoms with Crippen molar-refractivity contribution in [1.29, 1.82) is 0 Å². The van der Waals surface area contributed by atoms with Crippen molar-refractivity contribution in [3.63, 3.8) is 0 Å². The van der Waals surface area contributed by atoms with Gasteiger partial charge in [-0.1, -0.05) is 33.8 Å². The Hall–Kier alpha value is -2.37. The number of rotatable bonds is 7. The maximum absolute atomic E-state index is 12.6. The number of hydrogen-bond donors (Lipinski definition) is 3. The maximum Gasteiger partial charge on any atom is 0.247 e. The molecule has 0 radical (unpaired) electrons. The van der Waals surface area contributed by atoms with Crippen LogP contribution in [0.15, 0.2) is 18.2 Å². The van der Waals surface area contributed by atoms with Crippen LogP contribution < -0.4 is 16.0 Å². The summed E-state index contributed by atoms with van der Waals surface area (Å²) in [6, 6.07) is 4.69. The molecule has 3 amide bonds. The summed E-state index contributed by atoms with van der Waals surface area (Å²) in [4.78, 5) is 35.9. The quantitative estimate of drug-likeness (QED) is 0.708. The zero-order valence-electron chi connectivity index (χ0n) is 15.9. The normalized spacial score (nSPS) is 12.0. The van der Waals surface area contributed by atoms with Gasteiger partial charge >= 0.3 is 0 Å². The van der Waals surface area contributed by atoms with Crippen LogP contribution in [0.25, 0.3) is 0 Å². The topological polar surface area (TPSA) is 87.3 Å². The first-order valence-corrected chi connectivity index (χ1v) is 8.58. The molecule has 0 heterocycles. The lowest BCUT2D eigenvalue weighted by Crippen LogP contribution is -2.47. The van der Waals surface area contributed by atoms with Gasteiger partial charge in [-0.15, -0.1) is 0 Å². The number of hydrogen-bond acceptors (Lipinski definition) is 3. The van der Waals surface area contributed by atoms with Crippen LogP contribution in [-0.4, -0.2) is 23.8 Å². The molecule has 0 fully saturated rings. The van der Waals surface area contributed by atoms with E-state index in [9.17, 15) is 14.4 Å². The fourth-order valence-electron chi connectivity index (χ4n) is 2.39. The molecule has 0 aliphatic rings. The first-order chi connectivity index (χ1) is 11.6. The molecule has 0 aliphatic carbocycles. The third kappa shape index (κ3) is 6.95. The second-order valence-electron chi connectivity index (χ2n) is 7.09. The van der Waals surface area contributed by atoms with Gasteiger partial charge in [0.2, 0.25) is 17.7 Å². The monoisotopic (exact) mass is 347 g/mol. The Morgan fingerprint density at radius 2 is 1.68 bits per heavy atom. The van der Waals surface area contributed by atoms with E-state index >= 15 is 0 Å². The van der Waals surface area contributed by atoms with Gasteiger partial charge in [0.1, 0.15) is 6.04 Å². The van der Waals surface area contributed by atoms with Gasteiger partial charge in [-0.2, -0.15) is 0 Å². The molecule has 0 bridgehead atoms. The van der Waals surface area contributed by atoms with Gasteiger partial charge in [0.15, 0.2) is 0 Å². The maximum atomic E-state index is 12.6. The molecule has 6 nitrogen and oxygen atoms in total. The van der Waals surface area contributed by atoms with Crippen molar-refractivity contribution in [1.82, 2.24) is 5.32 Å². The van der Waals surface area contributed by atoms with Crippen molar-refractivity contribution in [2.75, 3.05) is 10.6 Å². The smallest absolute Gasteiger partial charge is 0.247 e. The molecule has 0 saturated carbocycles. The van der Waals surface area contributed by atoms with Crippen molar-refractivity contribution in [3.8, 4) is 0 Å². The first kappa shape index (κ1) is 20.7. The van der Waals surface area contributed by atoms with Crippen LogP contribution in [0.4, 0.5) is 11.4 Å². The average Bonchev–Trinajstić information content (AvgIpc) is 2.46. The van der Waals surface area contributed by atoms with Crippen molar-refractivity contribution < 1.29 is 14.4 Å². The molecular formula is C19H29N3O3. The van der Waals surface area contributed by atoms with Crippen molar-refractivity contribution >= 4 is 29.1 Å². The Morgan fingerprint density at radius 1 is 1.04 bits per heavy atom. The molecule has 0 aromatic heterocycles. The largest absolute Gasteiger partial charge is 0.344 e. The molecule has 6 heteroatoms. The molecule has 0 spiro atoms. The van der Waals surface area contributed by atoms with E-state index in [-0.39, 0.29) is 29.6 Å². The van der Waals surface area contributed by atoms with Crippen LogP contribution in [0.3, 0.4) is 0 Å². The lowest BCUT2D eigenvalue weighted by molar-refractivity contribution is -0.127. The minimum Gasteiger partial charge on any atom is -0.344 e. The predicted molar refractivity (Wildman–Crippen MR) is 100 cm³/mol. The number of carbonyl (C=O) groups excluding carboxylic acids is 3. The average molecular weight is 347 g/mol. The summed E-state index contributed by atoms with van der Waals surface area (Å²) in [7, 11) is 0. The van der Waals surface area contributed by atoms with Crippen LogP contribution >= 0.6 is 0 Å². The number of benzene rings is 1. The minimum atomic E-state index is -0.616. The summed E-state index contributed by atoms with van der Waals surface area (Å²) in [5, 5.41) is 8.36. The van der Waals surface area contributed by atoms with E-state index < -0.39 is 6.04 Å². The molecule has 138 valence electrons. The lowest BCUT2D eigenvalue weighted by Gasteiger charge is -2.23. The highest BCUT2D eigenvalue weighted by Gasteiger charge is 2.24. The highest BCUT2D eigenvalue weighted by molar-refractivity contribution is 5.98. The van der Waals surface area contributed by atoms with Crippen LogP contribution in [0.2, 0.25) is 0 Å². The summed E-state index contributed by atoms with van der Waals surface area (Å²) in [6.07, 6.45) is 0.382. The molecule has 1 unspecified atom stereocenters. The summed E-state index contributed by atoms with van der Waals surface area (Å²) in [5.74, 6) is -0.396. The fraction of sp³-hybridized carbons (Fsp3) is 0.526. The van der Waals surface area contributed by atoms with Crippen LogP contribution in [0, 0.1) is 18.8 Å². The Bertz CT molecular complexity index is 639. The third-order valence-electron chi connectivity index (χ3n) is 3.68. The molecule has 0 aliphatic heterocycles. The van der Waals surface area contributed by atoms with Gasteiger partial charge in [0, 0.05) is 24.7 Å². The molecule has 1 rings (SSSR count). The van der Waals surface area contributed by atoms with Gasteiger partial charge in [0.05, 0.1) is 0 Å². The van der Waals surface area contributed by atoms with Gasteiger partial charge in [0.25, 0.3) is 0 Å². The van der Waals surface area contributed by atoms with E-state index in [4.69, 9.17) is 0 Å². The summed E-state index contributed by atoms with van der Waals surface area (Å²) in [6.45, 7) is 11.0. The second kappa shape index (κ2) is 9.20. The Labute approximate surface area is 149 Å². The Morgan fingerprint density at radius 3 is 2.20 bits per heavy atom. The third-order valence-corrected chi connectivity index (χ3v) is 3.68. The molecule has 25 heavy (non-hydrogen) atoms. The minimum absolute atomic E-state index is 0.0463. The van der Waals surface area contributed by atoms with E-state index in [0.29, 0.717) is 17.8 Å². The van der Waals surface area contributed by atoms with Crippen LogP contribution in [0.5, 0.6) is 0 Å². The molecule has 1 atom stereocenters. The van der Waals surface area contributed by atoms with Crippen LogP contribution in [-0.2, 0) is 14.4 Å². The zero-order valence-corrected chi connectivity index (χ0v) is 15.9. The fourth-order valence-corrected chi connectivity index (χ4v) is 2.39. The molecular weight excluding hydrogens is 318 g/mol. The summed E-state index contributed by atoms with van der Waals surface area (Å²) >= 11 is 0. The molecule has 3 N–H and O–H groups in total. The number of nitrogens with one attached hydrogen (secondary N) is 3. The van der Waals surface area contributed by atoms with E-state index in [2.05, 4.69) is 16.0 Å². The standard InChI is InChI=1S/C19H29N3O3/c1-11(2)9-17(24)22-18(12(3)4)19(25)21-16-10-15(20-14(6)23)8-7-13(16)5/h7-8,10-12,18H,9H2,1-6H3,(H,20,23)(H,21,25)(H,22,24). The number of anilines is 2. The summed E-state index contributed by atoms with van der Waals surface area (Å²) < 4.78 is 0. The van der Waals surface area contributed by atoms with Gasteiger partial charge in [-0.3, -0.25) is 14.4 Å². The van der Waals surface area contributed by atoms with Gasteiger partial charge in [-0.05, 0) is 36.5 Å². The van der Waals surface area contributed by atoms with E-state index in [1.807, 2.05) is 40.7 Å². The highest BCUT2D eigenvalue weighted by Crippen LogP contribution is 2.21. The highest BCUT2D eigenvalue weighted by atomic mass is 16.2. The lowest BCUT2D eigenvalue weighted by atomic mass is 10.0. The zero-order chi connectivity index (χ0) is 19.1. The molecule has 1 aromatic carbocycles. The van der Waals surface area contributed by atoms with Crippen molar-refractivity contribution in [2.24, 2.45) is 11.8 Å². The van der Waals surface area contributed by atoms with E-state index in [1.165, 1.54) is 6.92 Å². The van der Waals surface area contributed by atoms with Crippen LogP contribution in [0.1, 0.15) is 46.6 Å². The van der Waals surface area contributed by atoms with E-state index in [0.717, 1.165) is 5.56 Å². The molecule has 1 aromatic rings. The molecule has 0 saturated heterocycles. The Balaban J connectivity index is 2.89. The predicted octanol–water partition coefficient (Wildman–Crippen LogP) is 3.08. The number of amides is 3. The summed E-state index contributed by atoms with van der Waals surface area (Å²) in [5.41, 5.74) is 2.09. The van der Waals surface area contributed by atoms with E-state index in [1.54, 1.807) is 12.1 Å². The first-order valence-electron chi connectivity index (χ1n) is 8.58. The van der Waals surface area contributed by atoms with Crippen molar-refractivity contribution in [2.45, 2.75) is 54.0 Å². The number of carbonyl (C=O) groups is 3. The SMILES string of the molecule is CC(=O)Nc1ccc(C)c(NC(=O)C(NC(=O)CC(C)C)C(C)C)c1. The van der Waals surface area contributed by atoms with Gasteiger partial charge in [-0.25, -0.2) is 0 Å².